The lowest BCUT2D eigenvalue weighted by molar-refractivity contribution is 0.669. The number of hydrogen-bond acceptors (Lipinski definition) is 5. The first-order valence-corrected chi connectivity index (χ1v) is 20.1. The van der Waals surface area contributed by atoms with Gasteiger partial charge in [0.25, 0.3) is 0 Å². The summed E-state index contributed by atoms with van der Waals surface area (Å²) in [6.07, 6.45) is 0. The number of para-hydroxylation sites is 2. The van der Waals surface area contributed by atoms with E-state index in [1.165, 1.54) is 0 Å². The van der Waals surface area contributed by atoms with Crippen molar-refractivity contribution in [2.24, 2.45) is 0 Å². The van der Waals surface area contributed by atoms with Gasteiger partial charge in [0.2, 0.25) is 0 Å². The molecule has 60 heavy (non-hydrogen) atoms. The molecule has 2 heterocycles. The first-order chi connectivity index (χ1) is 29.7. The summed E-state index contributed by atoms with van der Waals surface area (Å²) in [6, 6.07) is 75.6. The lowest BCUT2D eigenvalue weighted by Crippen LogP contribution is -2.09. The van der Waals surface area contributed by atoms with Crippen molar-refractivity contribution in [2.45, 2.75) is 0 Å². The van der Waals surface area contributed by atoms with Crippen LogP contribution in [0.15, 0.2) is 223 Å². The van der Waals surface area contributed by atoms with Crippen molar-refractivity contribution in [1.82, 2.24) is 15.0 Å². The van der Waals surface area contributed by atoms with E-state index in [2.05, 4.69) is 163 Å². The van der Waals surface area contributed by atoms with E-state index < -0.39 is 0 Å². The van der Waals surface area contributed by atoms with Crippen molar-refractivity contribution in [1.29, 1.82) is 0 Å². The molecule has 9 aromatic carbocycles. The van der Waals surface area contributed by atoms with Gasteiger partial charge in [0, 0.05) is 44.5 Å². The van der Waals surface area contributed by atoms with Crippen molar-refractivity contribution >= 4 is 49.8 Å². The van der Waals surface area contributed by atoms with Crippen molar-refractivity contribution in [3.05, 3.63) is 218 Å². The molecular formula is C55H36N4O. The third-order valence-corrected chi connectivity index (χ3v) is 11.1. The van der Waals surface area contributed by atoms with Gasteiger partial charge in [-0.3, -0.25) is 0 Å². The minimum Gasteiger partial charge on any atom is -0.456 e. The van der Waals surface area contributed by atoms with E-state index in [4.69, 9.17) is 19.4 Å². The average molecular weight is 769 g/mol. The third-order valence-electron chi connectivity index (χ3n) is 11.1. The van der Waals surface area contributed by atoms with E-state index in [1.807, 2.05) is 60.7 Å². The van der Waals surface area contributed by atoms with Crippen LogP contribution in [0, 0.1) is 0 Å². The molecule has 0 N–H and O–H groups in total. The smallest absolute Gasteiger partial charge is 0.164 e. The lowest BCUT2D eigenvalue weighted by Gasteiger charge is -2.25. The molecule has 0 spiro atoms. The van der Waals surface area contributed by atoms with Gasteiger partial charge in [0.15, 0.2) is 17.5 Å². The Bertz CT molecular complexity index is 3240. The third kappa shape index (κ3) is 6.35. The van der Waals surface area contributed by atoms with Crippen LogP contribution >= 0.6 is 0 Å². The van der Waals surface area contributed by atoms with Crippen LogP contribution in [0.1, 0.15) is 0 Å². The second-order valence-corrected chi connectivity index (χ2v) is 14.8. The molecule has 11 aromatic rings. The fourth-order valence-corrected chi connectivity index (χ4v) is 8.28. The number of fused-ring (bicyclic) bond motifs is 5. The predicted molar refractivity (Wildman–Crippen MR) is 246 cm³/mol. The molecule has 0 fully saturated rings. The number of benzene rings is 9. The zero-order valence-electron chi connectivity index (χ0n) is 32.5. The van der Waals surface area contributed by atoms with Gasteiger partial charge in [0.1, 0.15) is 11.2 Å². The standard InChI is InChI=1S/C55H36N4O/c1-5-16-37(17-6-1)38-28-30-41(31-29-38)54-56-53(40-18-7-2-8-19-40)57-55(58-54)47-26-15-27-49-52(47)51-46-25-14-13-24-45(46)48(36-50(51)60-49)39-32-34-44(35-33-39)59(42-20-9-3-10-21-42)43-22-11-4-12-23-43/h1-36H. The van der Waals surface area contributed by atoms with Crippen molar-refractivity contribution < 1.29 is 4.42 Å². The number of furan rings is 1. The van der Waals surface area contributed by atoms with E-state index in [-0.39, 0.29) is 0 Å². The summed E-state index contributed by atoms with van der Waals surface area (Å²) in [5.74, 6) is 1.81. The van der Waals surface area contributed by atoms with E-state index in [1.54, 1.807) is 0 Å². The zero-order chi connectivity index (χ0) is 39.8. The summed E-state index contributed by atoms with van der Waals surface area (Å²) < 4.78 is 6.77. The SMILES string of the molecule is c1ccc(-c2ccc(-c3nc(-c4ccccc4)nc(-c4cccc5oc6cc(-c7ccc(N(c8ccccc8)c8ccccc8)cc7)c7ccccc7c6c45)n3)cc2)cc1. The number of hydrogen-bond donors (Lipinski definition) is 0. The summed E-state index contributed by atoms with van der Waals surface area (Å²) in [4.78, 5) is 17.6. The number of nitrogens with zero attached hydrogens (tertiary/aromatic N) is 4. The number of aromatic nitrogens is 3. The van der Waals surface area contributed by atoms with E-state index in [0.29, 0.717) is 17.5 Å². The molecule has 0 aliphatic heterocycles. The van der Waals surface area contributed by atoms with Crippen LogP contribution in [0.2, 0.25) is 0 Å². The molecule has 0 aliphatic rings. The van der Waals surface area contributed by atoms with Gasteiger partial charge in [0.05, 0.1) is 0 Å². The second-order valence-electron chi connectivity index (χ2n) is 14.8. The summed E-state index contributed by atoms with van der Waals surface area (Å²) in [5.41, 5.74) is 12.1. The van der Waals surface area contributed by atoms with Crippen LogP contribution < -0.4 is 4.90 Å². The van der Waals surface area contributed by atoms with Crippen molar-refractivity contribution in [3.63, 3.8) is 0 Å². The fraction of sp³-hybridized carbons (Fsp3) is 0. The van der Waals surface area contributed by atoms with E-state index in [9.17, 15) is 0 Å². The Kier molecular flexibility index (Phi) is 8.75. The van der Waals surface area contributed by atoms with Crippen LogP contribution in [0.25, 0.3) is 89.1 Å². The molecule has 0 aliphatic carbocycles. The summed E-state index contributed by atoms with van der Waals surface area (Å²) in [6.45, 7) is 0. The Labute approximate surface area is 347 Å². The molecule has 0 amide bonds. The molecule has 0 saturated carbocycles. The van der Waals surface area contributed by atoms with Crippen molar-refractivity contribution in [3.8, 4) is 56.4 Å². The molecule has 0 radical (unpaired) electrons. The number of rotatable bonds is 8. The maximum Gasteiger partial charge on any atom is 0.164 e. The van der Waals surface area contributed by atoms with Crippen molar-refractivity contribution in [2.75, 3.05) is 4.90 Å². The van der Waals surface area contributed by atoms with Crippen LogP contribution in [0.4, 0.5) is 17.1 Å². The molecule has 0 unspecified atom stereocenters. The van der Waals surface area contributed by atoms with Gasteiger partial charge in [-0.1, -0.05) is 170 Å². The first kappa shape index (κ1) is 35.0. The van der Waals surface area contributed by atoms with E-state index >= 15 is 0 Å². The van der Waals surface area contributed by atoms with Crippen LogP contribution in [-0.2, 0) is 0 Å². The molecule has 282 valence electrons. The molecule has 11 rings (SSSR count). The molecule has 5 nitrogen and oxygen atoms in total. The summed E-state index contributed by atoms with van der Waals surface area (Å²) in [5, 5.41) is 4.25. The van der Waals surface area contributed by atoms with Gasteiger partial charge in [-0.15, -0.1) is 0 Å². The van der Waals surface area contributed by atoms with Gasteiger partial charge < -0.3 is 9.32 Å². The molecular weight excluding hydrogens is 733 g/mol. The Morgan fingerprint density at radius 2 is 0.767 bits per heavy atom. The van der Waals surface area contributed by atoms with Gasteiger partial charge in [-0.25, -0.2) is 15.0 Å². The highest BCUT2D eigenvalue weighted by Crippen LogP contribution is 2.44. The van der Waals surface area contributed by atoms with Gasteiger partial charge >= 0.3 is 0 Å². The van der Waals surface area contributed by atoms with Crippen LogP contribution in [-0.4, -0.2) is 15.0 Å². The Morgan fingerprint density at radius 1 is 0.300 bits per heavy atom. The Morgan fingerprint density at radius 3 is 1.40 bits per heavy atom. The largest absolute Gasteiger partial charge is 0.456 e. The molecule has 0 bridgehead atoms. The van der Waals surface area contributed by atoms with Gasteiger partial charge in [-0.2, -0.15) is 0 Å². The van der Waals surface area contributed by atoms with E-state index in [0.717, 1.165) is 88.7 Å². The lowest BCUT2D eigenvalue weighted by atomic mass is 9.93. The first-order valence-electron chi connectivity index (χ1n) is 20.1. The molecule has 2 aromatic heterocycles. The maximum absolute atomic E-state index is 6.77. The fourth-order valence-electron chi connectivity index (χ4n) is 8.28. The topological polar surface area (TPSA) is 55.1 Å². The normalized spacial score (nSPS) is 11.3. The van der Waals surface area contributed by atoms with Crippen LogP contribution in [0.3, 0.4) is 0 Å². The molecule has 0 atom stereocenters. The molecule has 0 saturated heterocycles. The highest BCUT2D eigenvalue weighted by Gasteiger charge is 2.21. The minimum atomic E-state index is 0.587. The average Bonchev–Trinajstić information content (AvgIpc) is 3.72. The monoisotopic (exact) mass is 768 g/mol. The minimum absolute atomic E-state index is 0.587. The Hall–Kier alpha value is -8.15. The zero-order valence-corrected chi connectivity index (χ0v) is 32.5. The quantitative estimate of drug-likeness (QED) is 0.154. The molecule has 5 heteroatoms. The van der Waals surface area contributed by atoms with Gasteiger partial charge in [-0.05, 0) is 81.6 Å². The number of anilines is 3. The maximum atomic E-state index is 6.77. The van der Waals surface area contributed by atoms with Crippen LogP contribution in [0.5, 0.6) is 0 Å². The summed E-state index contributed by atoms with van der Waals surface area (Å²) >= 11 is 0. The highest BCUT2D eigenvalue weighted by atomic mass is 16.3. The summed E-state index contributed by atoms with van der Waals surface area (Å²) in [7, 11) is 0. The second kappa shape index (κ2) is 15.0. The Balaban J connectivity index is 1.05. The predicted octanol–water partition coefficient (Wildman–Crippen LogP) is 14.7. The highest BCUT2D eigenvalue weighted by molar-refractivity contribution is 6.25.